The van der Waals surface area contributed by atoms with Crippen LogP contribution >= 0.6 is 0 Å². The summed E-state index contributed by atoms with van der Waals surface area (Å²) in [6.45, 7) is 0. The molecule has 1 heterocycles. The van der Waals surface area contributed by atoms with Gasteiger partial charge in [0.1, 0.15) is 11.4 Å². The Labute approximate surface area is 139 Å². The van der Waals surface area contributed by atoms with Crippen molar-refractivity contribution in [3.05, 3.63) is 69.5 Å². The predicted octanol–water partition coefficient (Wildman–Crippen LogP) is 1.27. The summed E-state index contributed by atoms with van der Waals surface area (Å²) in [4.78, 5) is 34.4. The number of nitrogens with one attached hydrogen (secondary N) is 1. The molecule has 2 aromatic rings. The molecule has 9 heteroatoms. The maximum Gasteiger partial charge on any atom is 0.282 e. The predicted molar refractivity (Wildman–Crippen MR) is 82.5 cm³/mol. The van der Waals surface area contributed by atoms with Gasteiger partial charge in [-0.1, -0.05) is 12.1 Å². The van der Waals surface area contributed by atoms with Crippen LogP contribution in [0.5, 0.6) is 5.75 Å². The molecular weight excluding hydrogens is 333 g/mol. The Bertz CT molecular complexity index is 924. The molecule has 1 N–H and O–H groups in total. The minimum absolute atomic E-state index is 0.158. The fourth-order valence-electron chi connectivity index (χ4n) is 2.26. The molecule has 0 aromatic heterocycles. The lowest BCUT2D eigenvalue weighted by Gasteiger charge is -2.14. The first-order valence-electron chi connectivity index (χ1n) is 6.95. The molecule has 25 heavy (non-hydrogen) atoms. The van der Waals surface area contributed by atoms with E-state index in [0.717, 1.165) is 35.4 Å². The number of halogens is 1. The molecule has 3 rings (SSSR count). The molecule has 0 radical (unpaired) electrons. The van der Waals surface area contributed by atoms with Gasteiger partial charge >= 0.3 is 0 Å². The molecule has 126 valence electrons. The number of nitro benzene ring substituents is 1. The first-order chi connectivity index (χ1) is 11.9. The zero-order valence-corrected chi connectivity index (χ0v) is 12.4. The third-order valence-corrected chi connectivity index (χ3v) is 3.47. The van der Waals surface area contributed by atoms with Gasteiger partial charge in [0.2, 0.25) is 0 Å². The highest BCUT2D eigenvalue weighted by Gasteiger charge is 2.34. The summed E-state index contributed by atoms with van der Waals surface area (Å²) in [6.07, 6.45) is 1.15. The van der Waals surface area contributed by atoms with E-state index >= 15 is 0 Å². The number of hydrogen-bond donors (Lipinski definition) is 1. The number of nitrogens with zero attached hydrogens (tertiary/aromatic N) is 2. The van der Waals surface area contributed by atoms with E-state index in [1.54, 1.807) is 0 Å². The van der Waals surface area contributed by atoms with Gasteiger partial charge in [0.15, 0.2) is 0 Å². The molecule has 0 bridgehead atoms. The zero-order valence-electron chi connectivity index (χ0n) is 12.4. The van der Waals surface area contributed by atoms with Crippen LogP contribution in [0, 0.1) is 15.9 Å². The molecule has 0 unspecified atom stereocenters. The van der Waals surface area contributed by atoms with Gasteiger partial charge in [-0.25, -0.2) is 9.40 Å². The Kier molecular flexibility index (Phi) is 3.89. The summed E-state index contributed by atoms with van der Waals surface area (Å²) in [5.41, 5.74) is 1.81. The smallest absolute Gasteiger partial charge is 0.282 e. The van der Waals surface area contributed by atoms with Crippen LogP contribution in [-0.4, -0.2) is 16.7 Å². The van der Waals surface area contributed by atoms with Gasteiger partial charge in [-0.2, -0.15) is 0 Å². The fraction of sp³-hybridized carbons (Fsp3) is 0. The van der Waals surface area contributed by atoms with Crippen LogP contribution in [0.2, 0.25) is 0 Å². The monoisotopic (exact) mass is 342 g/mol. The number of carbonyl (C=O) groups is 2. The minimum Gasteiger partial charge on any atom is -0.868 e. The Balaban J connectivity index is 1.95. The maximum atomic E-state index is 13.0. The summed E-state index contributed by atoms with van der Waals surface area (Å²) in [5, 5.41) is 23.1. The summed E-state index contributed by atoms with van der Waals surface area (Å²) >= 11 is 0. The molecular formula is C16H9FN3O5-. The molecule has 1 aliphatic heterocycles. The number of carbonyl (C=O) groups excluding carboxylic acids is 2. The Morgan fingerprint density at radius 2 is 1.80 bits per heavy atom. The van der Waals surface area contributed by atoms with Crippen molar-refractivity contribution in [3.8, 4) is 5.75 Å². The van der Waals surface area contributed by atoms with E-state index in [0.29, 0.717) is 0 Å². The Hall–Kier alpha value is -3.75. The highest BCUT2D eigenvalue weighted by Crippen LogP contribution is 2.26. The van der Waals surface area contributed by atoms with Crippen LogP contribution in [0.1, 0.15) is 5.56 Å². The lowest BCUT2D eigenvalue weighted by atomic mass is 10.1. The second-order valence-electron chi connectivity index (χ2n) is 5.10. The summed E-state index contributed by atoms with van der Waals surface area (Å²) in [5.74, 6) is -2.70. The van der Waals surface area contributed by atoms with Crippen molar-refractivity contribution in [2.45, 2.75) is 0 Å². The standard InChI is InChI=1S/C16H10FN3O5/c17-10-2-4-11(5-3-10)19-16(23)12(15(22)18-19)7-9-1-6-14(21)13(8-9)20(24)25/h1-8,21H,(H,18,22)/p-1/b12-7+. The average Bonchev–Trinajstić information content (AvgIpc) is 2.85. The summed E-state index contributed by atoms with van der Waals surface area (Å²) < 4.78 is 13.0. The highest BCUT2D eigenvalue weighted by atomic mass is 19.1. The summed E-state index contributed by atoms with van der Waals surface area (Å²) in [7, 11) is 0. The van der Waals surface area contributed by atoms with Crippen molar-refractivity contribution in [2.24, 2.45) is 0 Å². The fourth-order valence-corrected chi connectivity index (χ4v) is 2.26. The van der Waals surface area contributed by atoms with Crippen LogP contribution in [0.3, 0.4) is 0 Å². The van der Waals surface area contributed by atoms with E-state index in [9.17, 15) is 29.2 Å². The lowest BCUT2D eigenvalue weighted by molar-refractivity contribution is -0.398. The molecule has 8 nitrogen and oxygen atoms in total. The third kappa shape index (κ3) is 3.02. The quantitative estimate of drug-likeness (QED) is 0.390. The minimum atomic E-state index is -0.842. The third-order valence-electron chi connectivity index (χ3n) is 3.47. The number of benzene rings is 2. The first-order valence-corrected chi connectivity index (χ1v) is 6.95. The molecule has 1 fully saturated rings. The molecule has 0 atom stereocenters. The van der Waals surface area contributed by atoms with Gasteiger partial charge in [0, 0.05) is 6.07 Å². The maximum absolute atomic E-state index is 13.0. The largest absolute Gasteiger partial charge is 0.868 e. The van der Waals surface area contributed by atoms with E-state index in [4.69, 9.17) is 0 Å². The Morgan fingerprint density at radius 1 is 1.12 bits per heavy atom. The van der Waals surface area contributed by atoms with Gasteiger partial charge in [-0.05, 0) is 41.7 Å². The summed E-state index contributed by atoms with van der Waals surface area (Å²) in [6, 6.07) is 8.13. The normalized spacial score (nSPS) is 15.6. The van der Waals surface area contributed by atoms with Gasteiger partial charge in [-0.3, -0.25) is 25.1 Å². The molecule has 0 aliphatic carbocycles. The van der Waals surface area contributed by atoms with Crippen molar-refractivity contribution in [1.82, 2.24) is 5.43 Å². The van der Waals surface area contributed by atoms with Gasteiger partial charge < -0.3 is 5.11 Å². The van der Waals surface area contributed by atoms with E-state index in [2.05, 4.69) is 5.43 Å². The molecule has 1 saturated heterocycles. The number of rotatable bonds is 3. The van der Waals surface area contributed by atoms with Crippen molar-refractivity contribution in [2.75, 3.05) is 5.01 Å². The van der Waals surface area contributed by atoms with Crippen LogP contribution in [0.15, 0.2) is 48.0 Å². The second-order valence-corrected chi connectivity index (χ2v) is 5.10. The molecule has 2 amide bonds. The average molecular weight is 342 g/mol. The van der Waals surface area contributed by atoms with Crippen molar-refractivity contribution < 1.29 is 24.0 Å². The highest BCUT2D eigenvalue weighted by molar-refractivity contribution is 6.31. The van der Waals surface area contributed by atoms with Crippen molar-refractivity contribution in [1.29, 1.82) is 0 Å². The van der Waals surface area contributed by atoms with E-state index in [1.165, 1.54) is 18.2 Å². The molecule has 0 saturated carbocycles. The topological polar surface area (TPSA) is 116 Å². The van der Waals surface area contributed by atoms with E-state index in [1.807, 2.05) is 0 Å². The van der Waals surface area contributed by atoms with Gasteiger partial charge in [-0.15, -0.1) is 0 Å². The second kappa shape index (κ2) is 6.04. The molecule has 1 aliphatic rings. The number of hydrazine groups is 1. The number of amides is 2. The first kappa shape index (κ1) is 16.1. The zero-order chi connectivity index (χ0) is 18.1. The van der Waals surface area contributed by atoms with Crippen molar-refractivity contribution >= 4 is 29.3 Å². The molecule has 2 aromatic carbocycles. The van der Waals surface area contributed by atoms with Crippen LogP contribution in [0.25, 0.3) is 6.08 Å². The van der Waals surface area contributed by atoms with Gasteiger partial charge in [0.05, 0.1) is 10.6 Å². The van der Waals surface area contributed by atoms with Crippen LogP contribution < -0.4 is 15.5 Å². The Morgan fingerprint density at radius 3 is 2.44 bits per heavy atom. The van der Waals surface area contributed by atoms with E-state index in [-0.39, 0.29) is 16.8 Å². The molecule has 0 spiro atoms. The number of anilines is 1. The number of hydrogen-bond acceptors (Lipinski definition) is 5. The van der Waals surface area contributed by atoms with Crippen LogP contribution in [0.4, 0.5) is 15.8 Å². The van der Waals surface area contributed by atoms with Crippen molar-refractivity contribution in [3.63, 3.8) is 0 Å². The van der Waals surface area contributed by atoms with E-state index < -0.39 is 34.0 Å². The van der Waals surface area contributed by atoms with Gasteiger partial charge in [0.25, 0.3) is 17.5 Å². The SMILES string of the molecule is O=C1NN(c2ccc(F)cc2)C(=O)/C1=C/c1ccc([O-])c([N+](=O)[O-])c1. The number of nitro groups is 1. The van der Waals surface area contributed by atoms with Crippen LogP contribution in [-0.2, 0) is 9.59 Å². The lowest BCUT2D eigenvalue weighted by Crippen LogP contribution is -2.35.